The molecular formula is C17H31NO2Si. The van der Waals surface area contributed by atoms with E-state index in [4.69, 9.17) is 4.43 Å². The van der Waals surface area contributed by atoms with Crippen molar-refractivity contribution in [2.24, 2.45) is 0 Å². The second kappa shape index (κ2) is 6.51. The van der Waals surface area contributed by atoms with Crippen molar-refractivity contribution in [2.75, 3.05) is 13.7 Å². The quantitative estimate of drug-likeness (QED) is 0.789. The highest BCUT2D eigenvalue weighted by Gasteiger charge is 2.38. The summed E-state index contributed by atoms with van der Waals surface area (Å²) < 4.78 is 6.28. The van der Waals surface area contributed by atoms with E-state index in [0.717, 1.165) is 12.2 Å². The van der Waals surface area contributed by atoms with Gasteiger partial charge in [-0.15, -0.1) is 0 Å². The molecule has 0 saturated carbocycles. The zero-order chi connectivity index (χ0) is 16.3. The zero-order valence-electron chi connectivity index (χ0n) is 14.6. The van der Waals surface area contributed by atoms with E-state index in [-0.39, 0.29) is 17.2 Å². The third-order valence-electron chi connectivity index (χ3n) is 4.65. The summed E-state index contributed by atoms with van der Waals surface area (Å²) in [5.41, 5.74) is 0.922. The summed E-state index contributed by atoms with van der Waals surface area (Å²) in [5, 5.41) is 12.8. The van der Waals surface area contributed by atoms with Crippen molar-refractivity contribution < 1.29 is 9.53 Å². The lowest BCUT2D eigenvalue weighted by Gasteiger charge is -2.36. The molecule has 1 aromatic carbocycles. The molecule has 0 aliphatic heterocycles. The molecule has 0 aliphatic carbocycles. The molecule has 4 heteroatoms. The van der Waals surface area contributed by atoms with Crippen molar-refractivity contribution >= 4 is 8.32 Å². The van der Waals surface area contributed by atoms with Gasteiger partial charge in [0.25, 0.3) is 0 Å². The molecule has 0 saturated heterocycles. The van der Waals surface area contributed by atoms with Gasteiger partial charge in [0, 0.05) is 5.54 Å². The molecule has 2 N–H and O–H groups in total. The van der Waals surface area contributed by atoms with Gasteiger partial charge in [-0.05, 0) is 56.2 Å². The predicted octanol–water partition coefficient (Wildman–Crippen LogP) is 3.58. The molecule has 1 unspecified atom stereocenters. The van der Waals surface area contributed by atoms with Gasteiger partial charge in [-0.3, -0.25) is 0 Å². The van der Waals surface area contributed by atoms with Crippen molar-refractivity contribution in [1.82, 2.24) is 5.32 Å². The normalized spacial score (nSPS) is 15.6. The highest BCUT2D eigenvalue weighted by atomic mass is 28.4. The first kappa shape index (κ1) is 18.2. The van der Waals surface area contributed by atoms with Crippen LogP contribution >= 0.6 is 0 Å². The molecular weight excluding hydrogens is 278 g/mol. The number of likely N-dealkylation sites (N-methyl/N-ethyl adjacent to an activating group) is 1. The topological polar surface area (TPSA) is 41.5 Å². The van der Waals surface area contributed by atoms with Gasteiger partial charge in [0.15, 0.2) is 0 Å². The minimum Gasteiger partial charge on any atom is -0.544 e. The second-order valence-corrected chi connectivity index (χ2v) is 12.4. The fourth-order valence-electron chi connectivity index (χ4n) is 1.80. The van der Waals surface area contributed by atoms with Gasteiger partial charge < -0.3 is 14.8 Å². The van der Waals surface area contributed by atoms with E-state index in [0.29, 0.717) is 0 Å². The third kappa shape index (κ3) is 4.83. The van der Waals surface area contributed by atoms with Gasteiger partial charge >= 0.3 is 0 Å². The fourth-order valence-corrected chi connectivity index (χ4v) is 2.83. The molecule has 1 atom stereocenters. The van der Waals surface area contributed by atoms with Crippen LogP contribution < -0.4 is 9.74 Å². The lowest BCUT2D eigenvalue weighted by Crippen LogP contribution is -2.45. The summed E-state index contributed by atoms with van der Waals surface area (Å²) in [5.74, 6) is 0.945. The first-order valence-electron chi connectivity index (χ1n) is 7.61. The largest absolute Gasteiger partial charge is 0.544 e. The minimum atomic E-state index is -1.78. The van der Waals surface area contributed by atoms with E-state index in [1.54, 1.807) is 0 Å². The molecule has 0 aliphatic rings. The lowest BCUT2D eigenvalue weighted by atomic mass is 9.94. The van der Waals surface area contributed by atoms with Crippen LogP contribution in [-0.4, -0.2) is 32.6 Å². The van der Waals surface area contributed by atoms with Crippen molar-refractivity contribution in [1.29, 1.82) is 0 Å². The smallest absolute Gasteiger partial charge is 0.250 e. The Morgan fingerprint density at radius 1 is 1.10 bits per heavy atom. The van der Waals surface area contributed by atoms with Gasteiger partial charge in [-0.2, -0.15) is 0 Å². The van der Waals surface area contributed by atoms with Crippen molar-refractivity contribution in [3.8, 4) is 5.75 Å². The number of hydrogen-bond acceptors (Lipinski definition) is 3. The van der Waals surface area contributed by atoms with Crippen molar-refractivity contribution in [3.05, 3.63) is 29.8 Å². The van der Waals surface area contributed by atoms with Crippen LogP contribution in [0.3, 0.4) is 0 Å². The number of aliphatic hydroxyl groups is 1. The van der Waals surface area contributed by atoms with E-state index in [9.17, 15) is 5.11 Å². The highest BCUT2D eigenvalue weighted by Crippen LogP contribution is 2.37. The van der Waals surface area contributed by atoms with Gasteiger partial charge in [0.1, 0.15) is 5.75 Å². The summed E-state index contributed by atoms with van der Waals surface area (Å²) in [6.45, 7) is 13.4. The van der Waals surface area contributed by atoms with Crippen LogP contribution in [0.2, 0.25) is 18.1 Å². The van der Waals surface area contributed by atoms with Crippen molar-refractivity contribution in [2.45, 2.75) is 57.8 Å². The monoisotopic (exact) mass is 309 g/mol. The third-order valence-corrected chi connectivity index (χ3v) is 9.01. The van der Waals surface area contributed by atoms with E-state index >= 15 is 0 Å². The molecule has 0 bridgehead atoms. The first-order chi connectivity index (χ1) is 9.53. The second-order valence-electron chi connectivity index (χ2n) is 7.65. The molecule has 0 fully saturated rings. The van der Waals surface area contributed by atoms with Crippen LogP contribution in [0.15, 0.2) is 24.3 Å². The summed E-state index contributed by atoms with van der Waals surface area (Å²) in [6.07, 6.45) is 0.792. The molecule has 1 rings (SSSR count). The summed E-state index contributed by atoms with van der Waals surface area (Å²) in [4.78, 5) is 0. The van der Waals surface area contributed by atoms with Gasteiger partial charge in [-0.25, -0.2) is 0 Å². The van der Waals surface area contributed by atoms with Crippen LogP contribution in [0.25, 0.3) is 0 Å². The Labute approximate surface area is 130 Å². The molecule has 120 valence electrons. The Bertz CT molecular complexity index is 445. The van der Waals surface area contributed by atoms with Gasteiger partial charge in [0.2, 0.25) is 8.32 Å². The average molecular weight is 310 g/mol. The van der Waals surface area contributed by atoms with Crippen LogP contribution in [0.5, 0.6) is 5.75 Å². The molecule has 0 radical (unpaired) electrons. The molecule has 3 nitrogen and oxygen atoms in total. The Morgan fingerprint density at radius 2 is 1.62 bits per heavy atom. The standard InChI is InChI=1S/C17H31NO2Si/c1-16(2,3)21(6,7)20-15-10-8-14(9-11-15)12-17(4,13-19)18-5/h8-11,18-19H,12-13H2,1-7H3. The first-order valence-corrected chi connectivity index (χ1v) is 10.5. The Balaban J connectivity index is 2.80. The van der Waals surface area contributed by atoms with Crippen LogP contribution in [-0.2, 0) is 6.42 Å². The molecule has 21 heavy (non-hydrogen) atoms. The Hall–Kier alpha value is -0.843. The SMILES string of the molecule is CNC(C)(CO)Cc1ccc(O[Si](C)(C)C(C)(C)C)cc1. The summed E-state index contributed by atoms with van der Waals surface area (Å²) in [6, 6.07) is 8.27. The number of nitrogens with one attached hydrogen (secondary N) is 1. The van der Waals surface area contributed by atoms with Gasteiger partial charge in [-0.1, -0.05) is 32.9 Å². The summed E-state index contributed by atoms with van der Waals surface area (Å²) in [7, 11) is 0.104. The Kier molecular flexibility index (Phi) is 5.64. The maximum Gasteiger partial charge on any atom is 0.250 e. The molecule has 0 amide bonds. The average Bonchev–Trinajstić information content (AvgIpc) is 2.39. The maximum absolute atomic E-state index is 9.46. The fraction of sp³-hybridized carbons (Fsp3) is 0.647. The van der Waals surface area contributed by atoms with Crippen LogP contribution in [0.1, 0.15) is 33.3 Å². The van der Waals surface area contributed by atoms with E-state index < -0.39 is 8.32 Å². The van der Waals surface area contributed by atoms with Crippen LogP contribution in [0.4, 0.5) is 0 Å². The van der Waals surface area contributed by atoms with Gasteiger partial charge in [0.05, 0.1) is 6.61 Å². The minimum absolute atomic E-state index is 0.117. The van der Waals surface area contributed by atoms with E-state index in [1.165, 1.54) is 5.56 Å². The number of benzene rings is 1. The predicted molar refractivity (Wildman–Crippen MR) is 92.5 cm³/mol. The molecule has 0 aromatic heterocycles. The molecule has 0 spiro atoms. The Morgan fingerprint density at radius 3 is 2.00 bits per heavy atom. The number of rotatable bonds is 6. The molecule has 0 heterocycles. The number of hydrogen-bond donors (Lipinski definition) is 2. The van der Waals surface area contributed by atoms with Crippen LogP contribution in [0, 0.1) is 0 Å². The van der Waals surface area contributed by atoms with E-state index in [2.05, 4.69) is 51.3 Å². The van der Waals surface area contributed by atoms with Crippen molar-refractivity contribution in [3.63, 3.8) is 0 Å². The highest BCUT2D eigenvalue weighted by molar-refractivity contribution is 6.74. The summed E-state index contributed by atoms with van der Waals surface area (Å²) >= 11 is 0. The number of aliphatic hydroxyl groups excluding tert-OH is 1. The maximum atomic E-state index is 9.46. The van der Waals surface area contributed by atoms with E-state index in [1.807, 2.05) is 26.1 Å². The lowest BCUT2D eigenvalue weighted by molar-refractivity contribution is 0.182. The zero-order valence-corrected chi connectivity index (χ0v) is 15.6. The molecule has 1 aromatic rings.